The average Bonchev–Trinajstić information content (AvgIpc) is 3.08. The molecule has 0 saturated heterocycles. The van der Waals surface area contributed by atoms with Gasteiger partial charge in [-0.1, -0.05) is 48.3 Å². The van der Waals surface area contributed by atoms with Crippen LogP contribution in [0.15, 0.2) is 48.5 Å². The van der Waals surface area contributed by atoms with E-state index in [4.69, 9.17) is 23.2 Å². The quantitative estimate of drug-likeness (QED) is 0.486. The van der Waals surface area contributed by atoms with Crippen LogP contribution < -0.4 is 5.32 Å². The number of hydrogen-bond acceptors (Lipinski definition) is 4. The summed E-state index contributed by atoms with van der Waals surface area (Å²) in [6, 6.07) is 14.4. The molecule has 2 aromatic heterocycles. The number of benzene rings is 2. The second kappa shape index (κ2) is 7.81. The number of fused-ring (bicyclic) bond motifs is 1. The summed E-state index contributed by atoms with van der Waals surface area (Å²) >= 11 is 12.0. The number of aryl methyl sites for hydroxylation is 2. The number of halogens is 2. The van der Waals surface area contributed by atoms with Gasteiger partial charge in [-0.05, 0) is 49.2 Å². The molecule has 2 aromatic carbocycles. The summed E-state index contributed by atoms with van der Waals surface area (Å²) in [6.07, 6.45) is 0.713. The maximum absolute atomic E-state index is 12.7. The topological polar surface area (TPSA) is 72.2 Å². The highest BCUT2D eigenvalue weighted by Crippen LogP contribution is 2.29. The Balaban J connectivity index is 1.78. The summed E-state index contributed by atoms with van der Waals surface area (Å²) in [4.78, 5) is 12.7. The van der Waals surface area contributed by atoms with Crippen molar-refractivity contribution in [3.63, 3.8) is 0 Å². The Hall–Kier alpha value is -2.96. The molecule has 0 spiro atoms. The molecule has 0 aliphatic rings. The Morgan fingerprint density at radius 3 is 2.52 bits per heavy atom. The van der Waals surface area contributed by atoms with Gasteiger partial charge < -0.3 is 5.32 Å². The molecule has 8 heteroatoms. The van der Waals surface area contributed by atoms with Crippen molar-refractivity contribution >= 4 is 40.4 Å². The Kier molecular flexibility index (Phi) is 5.22. The summed E-state index contributed by atoms with van der Waals surface area (Å²) in [5.41, 5.74) is 4.70. The molecule has 2 heterocycles. The molecule has 0 saturated carbocycles. The van der Waals surface area contributed by atoms with E-state index in [-0.39, 0.29) is 11.6 Å². The Bertz CT molecular complexity index is 1220. The number of anilines is 1. The smallest absolute Gasteiger partial charge is 0.278 e. The zero-order valence-corrected chi connectivity index (χ0v) is 17.3. The Labute approximate surface area is 177 Å². The van der Waals surface area contributed by atoms with E-state index in [1.54, 1.807) is 35.7 Å². The number of nitrogens with zero attached hydrogens (tertiary/aromatic N) is 4. The highest BCUT2D eigenvalue weighted by molar-refractivity contribution is 6.31. The third kappa shape index (κ3) is 3.69. The van der Waals surface area contributed by atoms with Gasteiger partial charge in [0.25, 0.3) is 5.91 Å². The summed E-state index contributed by atoms with van der Waals surface area (Å²) < 4.78 is 1.67. The molecule has 0 unspecified atom stereocenters. The second-order valence-corrected chi connectivity index (χ2v) is 7.39. The van der Waals surface area contributed by atoms with E-state index in [1.807, 2.05) is 31.2 Å². The van der Waals surface area contributed by atoms with E-state index >= 15 is 0 Å². The van der Waals surface area contributed by atoms with Crippen LogP contribution in [0.2, 0.25) is 10.0 Å². The lowest BCUT2D eigenvalue weighted by atomic mass is 10.0. The predicted molar refractivity (Wildman–Crippen MR) is 115 cm³/mol. The average molecular weight is 426 g/mol. The van der Waals surface area contributed by atoms with Crippen LogP contribution in [0.4, 0.5) is 5.69 Å². The van der Waals surface area contributed by atoms with Crippen molar-refractivity contribution in [2.75, 3.05) is 5.32 Å². The van der Waals surface area contributed by atoms with Crippen LogP contribution >= 0.6 is 23.2 Å². The van der Waals surface area contributed by atoms with Crippen molar-refractivity contribution in [2.45, 2.75) is 20.3 Å². The van der Waals surface area contributed by atoms with Crippen molar-refractivity contribution in [2.24, 2.45) is 0 Å². The number of carbonyl (C=O) groups excluding carboxylic acids is 1. The third-order valence-electron chi connectivity index (χ3n) is 4.60. The number of carbonyl (C=O) groups is 1. The van der Waals surface area contributed by atoms with Gasteiger partial charge in [0.15, 0.2) is 11.3 Å². The first-order chi connectivity index (χ1) is 14.0. The predicted octanol–water partition coefficient (Wildman–Crippen LogP) is 5.22. The molecule has 0 aliphatic heterocycles. The lowest BCUT2D eigenvalue weighted by Crippen LogP contribution is -2.18. The van der Waals surface area contributed by atoms with Gasteiger partial charge in [-0.25, -0.2) is 4.52 Å². The zero-order valence-electron chi connectivity index (χ0n) is 15.8. The number of nitrogens with one attached hydrogen (secondary N) is 1. The van der Waals surface area contributed by atoms with Crippen molar-refractivity contribution in [3.8, 4) is 11.1 Å². The largest absolute Gasteiger partial charge is 0.320 e. The minimum Gasteiger partial charge on any atom is -0.320 e. The van der Waals surface area contributed by atoms with Gasteiger partial charge in [0, 0.05) is 15.7 Å². The van der Waals surface area contributed by atoms with E-state index in [0.717, 1.165) is 16.8 Å². The Morgan fingerprint density at radius 2 is 1.83 bits per heavy atom. The minimum absolute atomic E-state index is 0.199. The van der Waals surface area contributed by atoms with Crippen LogP contribution in [0.3, 0.4) is 0 Å². The fraction of sp³-hybridized carbons (Fsp3) is 0.143. The SMILES string of the molecule is CCc1nn2c(C)c(C(=O)Nc3cccc(Cl)c3)nnc2c1-c1ccc(Cl)cc1. The van der Waals surface area contributed by atoms with Gasteiger partial charge in [-0.15, -0.1) is 10.2 Å². The summed E-state index contributed by atoms with van der Waals surface area (Å²) in [5.74, 6) is -0.374. The summed E-state index contributed by atoms with van der Waals surface area (Å²) in [5, 5.41) is 17.2. The number of aromatic nitrogens is 4. The van der Waals surface area contributed by atoms with Gasteiger partial charge in [0.1, 0.15) is 0 Å². The molecule has 1 amide bonds. The van der Waals surface area contributed by atoms with Gasteiger partial charge in [-0.2, -0.15) is 5.10 Å². The first-order valence-corrected chi connectivity index (χ1v) is 9.81. The first kappa shape index (κ1) is 19.4. The van der Waals surface area contributed by atoms with Gasteiger partial charge in [0.2, 0.25) is 0 Å². The van der Waals surface area contributed by atoms with Crippen molar-refractivity contribution in [1.29, 1.82) is 0 Å². The highest BCUT2D eigenvalue weighted by Gasteiger charge is 2.21. The summed E-state index contributed by atoms with van der Waals surface area (Å²) in [7, 11) is 0. The van der Waals surface area contributed by atoms with Crippen molar-refractivity contribution in [3.05, 3.63) is 75.7 Å². The van der Waals surface area contributed by atoms with Crippen LogP contribution in [0.1, 0.15) is 28.8 Å². The van der Waals surface area contributed by atoms with Crippen LogP contribution in [0.25, 0.3) is 16.8 Å². The zero-order chi connectivity index (χ0) is 20.5. The lowest BCUT2D eigenvalue weighted by molar-refractivity contribution is 0.102. The molecule has 1 N–H and O–H groups in total. The van der Waals surface area contributed by atoms with E-state index in [2.05, 4.69) is 20.6 Å². The fourth-order valence-electron chi connectivity index (χ4n) is 3.18. The van der Waals surface area contributed by atoms with Crippen LogP contribution in [0, 0.1) is 6.92 Å². The molecule has 0 aliphatic carbocycles. The normalized spacial score (nSPS) is 11.0. The maximum atomic E-state index is 12.7. The molecule has 0 bridgehead atoms. The standard InChI is InChI=1S/C21H17Cl2N5O/c1-3-17-18(13-7-9-14(22)10-8-13)20-26-25-19(12(2)28(20)27-17)21(29)24-16-6-4-5-15(23)11-16/h4-11H,3H2,1-2H3,(H,24,29). The molecule has 4 rings (SSSR count). The molecule has 29 heavy (non-hydrogen) atoms. The van der Waals surface area contributed by atoms with Gasteiger partial charge in [-0.3, -0.25) is 4.79 Å². The molecule has 6 nitrogen and oxygen atoms in total. The molecule has 0 radical (unpaired) electrons. The van der Waals surface area contributed by atoms with E-state index in [1.165, 1.54) is 0 Å². The second-order valence-electron chi connectivity index (χ2n) is 6.52. The highest BCUT2D eigenvalue weighted by atomic mass is 35.5. The molecule has 146 valence electrons. The monoisotopic (exact) mass is 425 g/mol. The van der Waals surface area contributed by atoms with Crippen LogP contribution in [-0.4, -0.2) is 25.7 Å². The summed E-state index contributed by atoms with van der Waals surface area (Å²) in [6.45, 7) is 3.82. The van der Waals surface area contributed by atoms with Crippen LogP contribution in [0.5, 0.6) is 0 Å². The maximum Gasteiger partial charge on any atom is 0.278 e. The van der Waals surface area contributed by atoms with E-state index in [9.17, 15) is 4.79 Å². The lowest BCUT2D eigenvalue weighted by Gasteiger charge is -2.08. The van der Waals surface area contributed by atoms with Crippen molar-refractivity contribution < 1.29 is 4.79 Å². The van der Waals surface area contributed by atoms with E-state index < -0.39 is 0 Å². The number of amides is 1. The van der Waals surface area contributed by atoms with Crippen molar-refractivity contribution in [1.82, 2.24) is 19.8 Å². The van der Waals surface area contributed by atoms with Gasteiger partial charge in [0.05, 0.1) is 17.0 Å². The van der Waals surface area contributed by atoms with E-state index in [0.29, 0.717) is 33.5 Å². The number of rotatable bonds is 4. The molecule has 0 fully saturated rings. The molecular formula is C21H17Cl2N5O. The molecule has 4 aromatic rings. The molecular weight excluding hydrogens is 409 g/mol. The fourth-order valence-corrected chi connectivity index (χ4v) is 3.49. The van der Waals surface area contributed by atoms with Crippen LogP contribution in [-0.2, 0) is 6.42 Å². The first-order valence-electron chi connectivity index (χ1n) is 9.05. The third-order valence-corrected chi connectivity index (χ3v) is 5.09. The molecule has 0 atom stereocenters. The van der Waals surface area contributed by atoms with Gasteiger partial charge >= 0.3 is 0 Å². The Morgan fingerprint density at radius 1 is 1.07 bits per heavy atom. The number of hydrogen-bond donors (Lipinski definition) is 1. The minimum atomic E-state index is -0.374.